The van der Waals surface area contributed by atoms with Gasteiger partial charge in [-0.15, -0.1) is 0 Å². The van der Waals surface area contributed by atoms with Gasteiger partial charge >= 0.3 is 0 Å². The number of aryl methyl sites for hydroxylation is 1. The lowest BCUT2D eigenvalue weighted by Crippen LogP contribution is -2.30. The van der Waals surface area contributed by atoms with Crippen molar-refractivity contribution in [3.8, 4) is 17.2 Å². The standard InChI is InChI=1S/C17H20NO3/c1-18-10-6-5-7-13(18)8-9-15-16(20-3)11-14(19-2)12-17(15)21-4/h5-12H,1-4H3/q+1/b9-8+. The highest BCUT2D eigenvalue weighted by atomic mass is 16.5. The first-order chi connectivity index (χ1) is 10.2. The Morgan fingerprint density at radius 3 is 2.10 bits per heavy atom. The molecule has 0 aliphatic rings. The highest BCUT2D eigenvalue weighted by Crippen LogP contribution is 2.35. The molecule has 1 aromatic heterocycles. The Labute approximate surface area is 125 Å². The number of rotatable bonds is 5. The van der Waals surface area contributed by atoms with Gasteiger partial charge in [0.2, 0.25) is 5.69 Å². The fourth-order valence-corrected chi connectivity index (χ4v) is 2.08. The van der Waals surface area contributed by atoms with Gasteiger partial charge in [0, 0.05) is 30.3 Å². The van der Waals surface area contributed by atoms with E-state index in [1.54, 1.807) is 21.3 Å². The second kappa shape index (κ2) is 6.79. The summed E-state index contributed by atoms with van der Waals surface area (Å²) in [6.45, 7) is 0. The van der Waals surface area contributed by atoms with Crippen molar-refractivity contribution in [2.45, 2.75) is 0 Å². The van der Waals surface area contributed by atoms with E-state index >= 15 is 0 Å². The van der Waals surface area contributed by atoms with Gasteiger partial charge in [0.1, 0.15) is 24.3 Å². The topological polar surface area (TPSA) is 31.6 Å². The lowest BCUT2D eigenvalue weighted by molar-refractivity contribution is -0.673. The molecule has 0 atom stereocenters. The summed E-state index contributed by atoms with van der Waals surface area (Å²) in [7, 11) is 6.89. The van der Waals surface area contributed by atoms with Crippen molar-refractivity contribution >= 4 is 12.2 Å². The zero-order valence-electron chi connectivity index (χ0n) is 12.8. The number of hydrogen-bond donors (Lipinski definition) is 0. The molecule has 4 heteroatoms. The lowest BCUT2D eigenvalue weighted by Gasteiger charge is -2.12. The van der Waals surface area contributed by atoms with E-state index < -0.39 is 0 Å². The maximum atomic E-state index is 5.43. The summed E-state index contributed by atoms with van der Waals surface area (Å²) >= 11 is 0. The second-order valence-corrected chi connectivity index (χ2v) is 4.52. The second-order valence-electron chi connectivity index (χ2n) is 4.52. The van der Waals surface area contributed by atoms with Crippen LogP contribution in [0.5, 0.6) is 17.2 Å². The van der Waals surface area contributed by atoms with Crippen LogP contribution in [-0.4, -0.2) is 21.3 Å². The summed E-state index contributed by atoms with van der Waals surface area (Å²) < 4.78 is 18.2. The molecular formula is C17H20NO3+. The Morgan fingerprint density at radius 2 is 1.57 bits per heavy atom. The molecule has 0 saturated heterocycles. The quantitative estimate of drug-likeness (QED) is 0.792. The highest BCUT2D eigenvalue weighted by molar-refractivity contribution is 5.75. The largest absolute Gasteiger partial charge is 0.496 e. The van der Waals surface area contributed by atoms with Gasteiger partial charge in [-0.1, -0.05) is 0 Å². The Bertz CT molecular complexity index is 625. The molecule has 110 valence electrons. The van der Waals surface area contributed by atoms with Crippen LogP contribution in [0.2, 0.25) is 0 Å². The predicted molar refractivity (Wildman–Crippen MR) is 82.6 cm³/mol. The van der Waals surface area contributed by atoms with Gasteiger partial charge in [-0.25, -0.2) is 4.57 Å². The third-order valence-electron chi connectivity index (χ3n) is 3.27. The summed E-state index contributed by atoms with van der Waals surface area (Å²) in [5, 5.41) is 0. The smallest absolute Gasteiger partial charge is 0.204 e. The minimum atomic E-state index is 0.700. The van der Waals surface area contributed by atoms with E-state index in [9.17, 15) is 0 Å². The minimum Gasteiger partial charge on any atom is -0.496 e. The molecule has 0 N–H and O–H groups in total. The average molecular weight is 286 g/mol. The van der Waals surface area contributed by atoms with Gasteiger partial charge < -0.3 is 14.2 Å². The summed E-state index contributed by atoms with van der Waals surface area (Å²) in [5.74, 6) is 2.12. The third-order valence-corrected chi connectivity index (χ3v) is 3.27. The van der Waals surface area contributed by atoms with Crippen molar-refractivity contribution < 1.29 is 18.8 Å². The van der Waals surface area contributed by atoms with Crippen LogP contribution in [0.25, 0.3) is 12.2 Å². The normalized spacial score (nSPS) is 10.7. The molecule has 1 heterocycles. The van der Waals surface area contributed by atoms with E-state index in [1.807, 2.05) is 60.3 Å². The summed E-state index contributed by atoms with van der Waals surface area (Å²) in [6.07, 6.45) is 6.00. The molecule has 0 unspecified atom stereocenters. The average Bonchev–Trinajstić information content (AvgIpc) is 2.53. The summed E-state index contributed by atoms with van der Waals surface area (Å²) in [4.78, 5) is 0. The van der Waals surface area contributed by atoms with Crippen LogP contribution in [0.1, 0.15) is 11.3 Å². The van der Waals surface area contributed by atoms with Gasteiger partial charge in [-0.2, -0.15) is 0 Å². The first-order valence-corrected chi connectivity index (χ1v) is 6.62. The van der Waals surface area contributed by atoms with E-state index in [1.165, 1.54) is 0 Å². The molecule has 0 bridgehead atoms. The van der Waals surface area contributed by atoms with Crippen molar-refractivity contribution in [2.24, 2.45) is 7.05 Å². The van der Waals surface area contributed by atoms with Gasteiger partial charge in [0.25, 0.3) is 0 Å². The Hall–Kier alpha value is -2.49. The zero-order valence-corrected chi connectivity index (χ0v) is 12.8. The minimum absolute atomic E-state index is 0.700. The van der Waals surface area contributed by atoms with Gasteiger partial charge in [-0.3, -0.25) is 0 Å². The molecule has 1 aromatic carbocycles. The van der Waals surface area contributed by atoms with Crippen molar-refractivity contribution in [3.05, 3.63) is 47.8 Å². The van der Waals surface area contributed by atoms with E-state index in [2.05, 4.69) is 0 Å². The van der Waals surface area contributed by atoms with Gasteiger partial charge in [0.15, 0.2) is 6.20 Å². The monoisotopic (exact) mass is 286 g/mol. The fourth-order valence-electron chi connectivity index (χ4n) is 2.08. The highest BCUT2D eigenvalue weighted by Gasteiger charge is 2.11. The maximum Gasteiger partial charge on any atom is 0.204 e. The van der Waals surface area contributed by atoms with E-state index in [4.69, 9.17) is 14.2 Å². The van der Waals surface area contributed by atoms with Crippen LogP contribution in [0, 0.1) is 0 Å². The van der Waals surface area contributed by atoms with Crippen LogP contribution in [-0.2, 0) is 7.05 Å². The predicted octanol–water partition coefficient (Wildman–Crippen LogP) is 2.71. The van der Waals surface area contributed by atoms with Crippen molar-refractivity contribution in [1.29, 1.82) is 0 Å². The van der Waals surface area contributed by atoms with Crippen LogP contribution in [0.4, 0.5) is 0 Å². The molecular weight excluding hydrogens is 266 g/mol. The molecule has 0 fully saturated rings. The molecule has 0 aliphatic carbocycles. The molecule has 0 saturated carbocycles. The van der Waals surface area contributed by atoms with E-state index in [-0.39, 0.29) is 0 Å². The SMILES string of the molecule is COc1cc(OC)c(/C=C/c2cccc[n+]2C)c(OC)c1. The molecule has 21 heavy (non-hydrogen) atoms. The number of methoxy groups -OCH3 is 3. The Balaban J connectivity index is 2.45. The van der Waals surface area contributed by atoms with Gasteiger partial charge in [0.05, 0.1) is 26.9 Å². The summed E-state index contributed by atoms with van der Waals surface area (Å²) in [6, 6.07) is 9.72. The number of hydrogen-bond acceptors (Lipinski definition) is 3. The maximum absolute atomic E-state index is 5.43. The van der Waals surface area contributed by atoms with Crippen LogP contribution in [0.15, 0.2) is 36.5 Å². The number of ether oxygens (including phenoxy) is 3. The van der Waals surface area contributed by atoms with Crippen molar-refractivity contribution in [2.75, 3.05) is 21.3 Å². The molecule has 0 aliphatic heterocycles. The Kier molecular flexibility index (Phi) is 4.82. The van der Waals surface area contributed by atoms with Crippen molar-refractivity contribution in [3.63, 3.8) is 0 Å². The molecule has 2 aromatic rings. The Morgan fingerprint density at radius 1 is 0.905 bits per heavy atom. The molecule has 0 amide bonds. The van der Waals surface area contributed by atoms with Crippen LogP contribution >= 0.6 is 0 Å². The molecule has 2 rings (SSSR count). The van der Waals surface area contributed by atoms with Crippen LogP contribution in [0.3, 0.4) is 0 Å². The lowest BCUT2D eigenvalue weighted by atomic mass is 10.1. The number of pyridine rings is 1. The van der Waals surface area contributed by atoms with Crippen molar-refractivity contribution in [1.82, 2.24) is 0 Å². The van der Waals surface area contributed by atoms with E-state index in [0.29, 0.717) is 17.2 Å². The molecule has 0 spiro atoms. The third kappa shape index (κ3) is 3.34. The zero-order chi connectivity index (χ0) is 15.2. The summed E-state index contributed by atoms with van der Waals surface area (Å²) in [5.41, 5.74) is 1.96. The number of benzene rings is 1. The molecule has 4 nitrogen and oxygen atoms in total. The fraction of sp³-hybridized carbons (Fsp3) is 0.235. The number of nitrogens with zero attached hydrogens (tertiary/aromatic N) is 1. The number of aromatic nitrogens is 1. The first kappa shape index (κ1) is 14.9. The first-order valence-electron chi connectivity index (χ1n) is 6.62. The van der Waals surface area contributed by atoms with E-state index in [0.717, 1.165) is 11.3 Å². The van der Waals surface area contributed by atoms with Gasteiger partial charge in [-0.05, 0) is 12.1 Å². The molecule has 0 radical (unpaired) electrons. The van der Waals surface area contributed by atoms with Crippen LogP contribution < -0.4 is 18.8 Å².